The van der Waals surface area contributed by atoms with Gasteiger partial charge in [-0.25, -0.2) is 4.98 Å². The molecule has 0 aromatic carbocycles. The van der Waals surface area contributed by atoms with Gasteiger partial charge in [0.05, 0.1) is 0 Å². The molecule has 0 amide bonds. The summed E-state index contributed by atoms with van der Waals surface area (Å²) in [5, 5.41) is 0. The van der Waals surface area contributed by atoms with Crippen LogP contribution in [0.15, 0.2) is 17.2 Å². The summed E-state index contributed by atoms with van der Waals surface area (Å²) in [7, 11) is 0. The number of anilines is 1. The summed E-state index contributed by atoms with van der Waals surface area (Å²) in [4.78, 5) is 18.2. The molecule has 1 aromatic rings. The molecule has 0 saturated carbocycles. The minimum atomic E-state index is -0.0147. The lowest BCUT2D eigenvalue weighted by Crippen LogP contribution is -2.45. The zero-order valence-corrected chi connectivity index (χ0v) is 9.59. The Hall–Kier alpha value is -1.36. The SMILES string of the molecule is CCn1ccnc(N2CCCC(N)C2)c1=O. The van der Waals surface area contributed by atoms with Crippen molar-refractivity contribution in [3.05, 3.63) is 22.7 Å². The van der Waals surface area contributed by atoms with Crippen molar-refractivity contribution in [2.75, 3.05) is 18.0 Å². The molecule has 1 atom stereocenters. The highest BCUT2D eigenvalue weighted by molar-refractivity contribution is 5.36. The fourth-order valence-electron chi connectivity index (χ4n) is 2.10. The minimum Gasteiger partial charge on any atom is -0.350 e. The second-order valence-electron chi connectivity index (χ2n) is 4.19. The van der Waals surface area contributed by atoms with E-state index in [9.17, 15) is 4.79 Å². The molecule has 1 aliphatic rings. The molecular formula is C11H18N4O. The van der Waals surface area contributed by atoms with Gasteiger partial charge in [-0.15, -0.1) is 0 Å². The molecule has 0 aliphatic carbocycles. The molecule has 1 aromatic heterocycles. The highest BCUT2D eigenvalue weighted by Gasteiger charge is 2.20. The number of aromatic nitrogens is 2. The van der Waals surface area contributed by atoms with Crippen LogP contribution in [0.25, 0.3) is 0 Å². The maximum Gasteiger partial charge on any atom is 0.293 e. The maximum atomic E-state index is 12.0. The Morgan fingerprint density at radius 2 is 2.44 bits per heavy atom. The van der Waals surface area contributed by atoms with Gasteiger partial charge in [-0.3, -0.25) is 4.79 Å². The van der Waals surface area contributed by atoms with Gasteiger partial charge in [0.15, 0.2) is 5.82 Å². The zero-order valence-electron chi connectivity index (χ0n) is 9.59. The number of nitrogens with two attached hydrogens (primary N) is 1. The third kappa shape index (κ3) is 2.09. The van der Waals surface area contributed by atoms with E-state index in [4.69, 9.17) is 5.73 Å². The highest BCUT2D eigenvalue weighted by Crippen LogP contribution is 2.12. The van der Waals surface area contributed by atoms with Crippen molar-refractivity contribution in [3.8, 4) is 0 Å². The zero-order chi connectivity index (χ0) is 11.5. The first-order chi connectivity index (χ1) is 7.72. The monoisotopic (exact) mass is 222 g/mol. The number of nitrogens with zero attached hydrogens (tertiary/aromatic N) is 3. The second kappa shape index (κ2) is 4.65. The fraction of sp³-hybridized carbons (Fsp3) is 0.636. The normalized spacial score (nSPS) is 21.1. The summed E-state index contributed by atoms with van der Waals surface area (Å²) in [6.45, 7) is 4.24. The highest BCUT2D eigenvalue weighted by atomic mass is 16.1. The minimum absolute atomic E-state index is 0.0147. The summed E-state index contributed by atoms with van der Waals surface area (Å²) in [6, 6.07) is 0.158. The van der Waals surface area contributed by atoms with Crippen molar-refractivity contribution in [3.63, 3.8) is 0 Å². The lowest BCUT2D eigenvalue weighted by molar-refractivity contribution is 0.500. The van der Waals surface area contributed by atoms with Gasteiger partial charge in [-0.05, 0) is 19.8 Å². The van der Waals surface area contributed by atoms with Gasteiger partial charge < -0.3 is 15.2 Å². The first-order valence-electron chi connectivity index (χ1n) is 5.78. The quantitative estimate of drug-likeness (QED) is 0.776. The van der Waals surface area contributed by atoms with Crippen molar-refractivity contribution in [2.24, 2.45) is 5.73 Å². The summed E-state index contributed by atoms with van der Waals surface area (Å²) < 4.78 is 1.67. The van der Waals surface area contributed by atoms with Crippen LogP contribution in [0.2, 0.25) is 0 Å². The van der Waals surface area contributed by atoms with Crippen molar-refractivity contribution in [1.29, 1.82) is 0 Å². The second-order valence-corrected chi connectivity index (χ2v) is 4.19. The first kappa shape index (κ1) is 11.1. The molecule has 2 N–H and O–H groups in total. The van der Waals surface area contributed by atoms with Crippen LogP contribution in [0.5, 0.6) is 0 Å². The van der Waals surface area contributed by atoms with E-state index in [2.05, 4.69) is 4.98 Å². The molecular weight excluding hydrogens is 204 g/mol. The predicted molar refractivity (Wildman–Crippen MR) is 63.6 cm³/mol. The topological polar surface area (TPSA) is 64.2 Å². The Balaban J connectivity index is 2.29. The van der Waals surface area contributed by atoms with E-state index in [-0.39, 0.29) is 11.6 Å². The summed E-state index contributed by atoms with van der Waals surface area (Å²) in [5.74, 6) is 0.541. The van der Waals surface area contributed by atoms with Gasteiger partial charge in [-0.1, -0.05) is 0 Å². The molecule has 16 heavy (non-hydrogen) atoms. The smallest absolute Gasteiger partial charge is 0.293 e. The molecule has 1 aliphatic heterocycles. The van der Waals surface area contributed by atoms with Crippen LogP contribution in [0.4, 0.5) is 5.82 Å². The maximum absolute atomic E-state index is 12.0. The predicted octanol–water partition coefficient (Wildman–Crippen LogP) is 0.191. The largest absolute Gasteiger partial charge is 0.350 e. The molecule has 0 spiro atoms. The number of rotatable bonds is 2. The fourth-order valence-corrected chi connectivity index (χ4v) is 2.10. The van der Waals surface area contributed by atoms with Gasteiger partial charge >= 0.3 is 0 Å². The number of piperidine rings is 1. The average Bonchev–Trinajstić information content (AvgIpc) is 2.29. The van der Waals surface area contributed by atoms with E-state index >= 15 is 0 Å². The van der Waals surface area contributed by atoms with Crippen LogP contribution >= 0.6 is 0 Å². The molecule has 0 radical (unpaired) electrons. The molecule has 1 saturated heterocycles. The molecule has 1 fully saturated rings. The van der Waals surface area contributed by atoms with Crippen molar-refractivity contribution in [1.82, 2.24) is 9.55 Å². The van der Waals surface area contributed by atoms with Crippen LogP contribution < -0.4 is 16.2 Å². The third-order valence-corrected chi connectivity index (χ3v) is 2.99. The Morgan fingerprint density at radius 3 is 3.12 bits per heavy atom. The lowest BCUT2D eigenvalue weighted by Gasteiger charge is -2.31. The van der Waals surface area contributed by atoms with E-state index in [1.165, 1.54) is 0 Å². The number of hydrogen-bond acceptors (Lipinski definition) is 4. The molecule has 1 unspecified atom stereocenters. The standard InChI is InChI=1S/C11H18N4O/c1-2-14-7-5-13-10(11(14)16)15-6-3-4-9(12)8-15/h5,7,9H,2-4,6,8,12H2,1H3. The van der Waals surface area contributed by atoms with Gasteiger partial charge in [0.1, 0.15) is 0 Å². The summed E-state index contributed by atoms with van der Waals surface area (Å²) in [6.07, 6.45) is 5.46. The van der Waals surface area contributed by atoms with Crippen LogP contribution in [0, 0.1) is 0 Å². The summed E-state index contributed by atoms with van der Waals surface area (Å²) in [5.41, 5.74) is 5.89. The van der Waals surface area contributed by atoms with E-state index in [1.807, 2.05) is 11.8 Å². The molecule has 2 rings (SSSR count). The summed E-state index contributed by atoms with van der Waals surface area (Å²) >= 11 is 0. The van der Waals surface area contributed by atoms with Gasteiger partial charge in [-0.2, -0.15) is 0 Å². The van der Waals surface area contributed by atoms with Crippen LogP contribution in [-0.4, -0.2) is 28.7 Å². The molecule has 88 valence electrons. The molecule has 5 heteroatoms. The Morgan fingerprint density at radius 1 is 1.62 bits per heavy atom. The van der Waals surface area contributed by atoms with E-state index in [1.54, 1.807) is 17.0 Å². The van der Waals surface area contributed by atoms with Crippen molar-refractivity contribution >= 4 is 5.82 Å². The van der Waals surface area contributed by atoms with Crippen molar-refractivity contribution in [2.45, 2.75) is 32.4 Å². The van der Waals surface area contributed by atoms with Crippen LogP contribution in [-0.2, 0) is 6.54 Å². The van der Waals surface area contributed by atoms with E-state index < -0.39 is 0 Å². The van der Waals surface area contributed by atoms with E-state index in [0.29, 0.717) is 12.4 Å². The van der Waals surface area contributed by atoms with E-state index in [0.717, 1.165) is 25.9 Å². The molecule has 0 bridgehead atoms. The number of hydrogen-bond donors (Lipinski definition) is 1. The van der Waals surface area contributed by atoms with Crippen LogP contribution in [0.3, 0.4) is 0 Å². The first-order valence-corrected chi connectivity index (χ1v) is 5.78. The molecule has 2 heterocycles. The Kier molecular flexibility index (Phi) is 3.24. The lowest BCUT2D eigenvalue weighted by atomic mass is 10.1. The number of aryl methyl sites for hydroxylation is 1. The molecule has 5 nitrogen and oxygen atoms in total. The average molecular weight is 222 g/mol. The Labute approximate surface area is 94.9 Å². The van der Waals surface area contributed by atoms with Gasteiger partial charge in [0.2, 0.25) is 0 Å². The Bertz CT molecular complexity index is 415. The van der Waals surface area contributed by atoms with Gasteiger partial charge in [0, 0.05) is 38.1 Å². The van der Waals surface area contributed by atoms with Crippen LogP contribution in [0.1, 0.15) is 19.8 Å². The third-order valence-electron chi connectivity index (χ3n) is 2.99. The van der Waals surface area contributed by atoms with Gasteiger partial charge in [0.25, 0.3) is 5.56 Å². The van der Waals surface area contributed by atoms with Crippen molar-refractivity contribution < 1.29 is 0 Å².